The van der Waals surface area contributed by atoms with Crippen molar-refractivity contribution in [1.29, 1.82) is 0 Å². The van der Waals surface area contributed by atoms with E-state index >= 15 is 0 Å². The summed E-state index contributed by atoms with van der Waals surface area (Å²) in [5, 5.41) is 23.5. The molecule has 0 spiro atoms. The SMILES string of the molecule is CCCCCCCCCCCCCCCCCCCCCCCCC(O)C(=O)NC(CS(=O)(=O)O)C(O)CCCCCCCCCCCCC. The molecule has 0 saturated heterocycles. The van der Waals surface area contributed by atoms with Crippen molar-refractivity contribution in [3.63, 3.8) is 0 Å². The average Bonchev–Trinajstić information content (AvgIpc) is 3.08. The van der Waals surface area contributed by atoms with Crippen LogP contribution in [0.15, 0.2) is 0 Å². The van der Waals surface area contributed by atoms with E-state index in [-0.39, 0.29) is 0 Å². The van der Waals surface area contributed by atoms with Crippen molar-refractivity contribution in [3.05, 3.63) is 0 Å². The highest BCUT2D eigenvalue weighted by Gasteiger charge is 2.28. The summed E-state index contributed by atoms with van der Waals surface area (Å²) >= 11 is 0. The number of aliphatic hydroxyl groups excluding tert-OH is 2. The lowest BCUT2D eigenvalue weighted by molar-refractivity contribution is -0.131. The van der Waals surface area contributed by atoms with Crippen LogP contribution >= 0.6 is 0 Å². The van der Waals surface area contributed by atoms with Gasteiger partial charge in [0, 0.05) is 0 Å². The maximum atomic E-state index is 12.6. The third-order valence-corrected chi connectivity index (χ3v) is 11.2. The van der Waals surface area contributed by atoms with Gasteiger partial charge in [-0.1, -0.05) is 226 Å². The van der Waals surface area contributed by atoms with Crippen LogP contribution in [0.4, 0.5) is 0 Å². The molecule has 0 aliphatic rings. The van der Waals surface area contributed by atoms with Crippen molar-refractivity contribution in [1.82, 2.24) is 5.32 Å². The molecule has 0 aliphatic heterocycles. The van der Waals surface area contributed by atoms with Gasteiger partial charge in [0.25, 0.3) is 10.1 Å². The molecule has 3 unspecified atom stereocenters. The lowest BCUT2D eigenvalue weighted by Gasteiger charge is -2.24. The molecule has 300 valence electrons. The van der Waals surface area contributed by atoms with Gasteiger partial charge in [-0.05, 0) is 12.8 Å². The van der Waals surface area contributed by atoms with E-state index in [1.54, 1.807) is 0 Å². The number of hydrogen-bond donors (Lipinski definition) is 4. The van der Waals surface area contributed by atoms with Crippen molar-refractivity contribution in [2.75, 3.05) is 5.75 Å². The van der Waals surface area contributed by atoms with Crippen LogP contribution in [0.1, 0.15) is 239 Å². The van der Waals surface area contributed by atoms with E-state index in [1.807, 2.05) is 0 Å². The second-order valence-electron chi connectivity index (χ2n) is 15.5. The minimum absolute atomic E-state index is 0.304. The highest BCUT2D eigenvalue weighted by Crippen LogP contribution is 2.17. The van der Waals surface area contributed by atoms with Crippen molar-refractivity contribution in [2.24, 2.45) is 0 Å². The van der Waals surface area contributed by atoms with Gasteiger partial charge in [0.1, 0.15) is 6.10 Å². The van der Waals surface area contributed by atoms with Gasteiger partial charge in [-0.25, -0.2) is 0 Å². The molecule has 0 heterocycles. The van der Waals surface area contributed by atoms with E-state index in [1.165, 1.54) is 167 Å². The van der Waals surface area contributed by atoms with Gasteiger partial charge < -0.3 is 15.5 Å². The topological polar surface area (TPSA) is 124 Å². The summed E-state index contributed by atoms with van der Waals surface area (Å²) in [7, 11) is -4.40. The normalized spacial score (nSPS) is 13.8. The zero-order valence-electron chi connectivity index (χ0n) is 33.2. The number of amides is 1. The first-order chi connectivity index (χ1) is 24.2. The zero-order valence-corrected chi connectivity index (χ0v) is 34.0. The fraction of sp³-hybridized carbons (Fsp3) is 0.976. The van der Waals surface area contributed by atoms with E-state index < -0.39 is 40.0 Å². The maximum Gasteiger partial charge on any atom is 0.266 e. The Bertz CT molecular complexity index is 823. The van der Waals surface area contributed by atoms with Gasteiger partial charge in [-0.3, -0.25) is 9.35 Å². The third-order valence-electron chi connectivity index (χ3n) is 10.4. The van der Waals surface area contributed by atoms with Gasteiger partial charge in [0.05, 0.1) is 17.9 Å². The van der Waals surface area contributed by atoms with Gasteiger partial charge in [-0.15, -0.1) is 0 Å². The Labute approximate surface area is 311 Å². The number of rotatable bonds is 40. The van der Waals surface area contributed by atoms with Crippen molar-refractivity contribution < 1.29 is 28.0 Å². The lowest BCUT2D eigenvalue weighted by atomic mass is 10.0. The Morgan fingerprint density at radius 3 is 1.00 bits per heavy atom. The highest BCUT2D eigenvalue weighted by atomic mass is 32.2. The van der Waals surface area contributed by atoms with Gasteiger partial charge in [-0.2, -0.15) is 8.42 Å². The molecular weight excluding hydrogens is 647 g/mol. The van der Waals surface area contributed by atoms with E-state index in [0.717, 1.165) is 44.9 Å². The minimum atomic E-state index is -4.40. The summed E-state index contributed by atoms with van der Waals surface area (Å²) in [5.74, 6) is -1.44. The van der Waals surface area contributed by atoms with Crippen LogP contribution in [0.3, 0.4) is 0 Å². The number of unbranched alkanes of at least 4 members (excludes halogenated alkanes) is 31. The monoisotopic (exact) mass is 732 g/mol. The number of aliphatic hydroxyl groups is 2. The summed E-state index contributed by atoms with van der Waals surface area (Å²) < 4.78 is 32.5. The Hall–Kier alpha value is -0.700. The average molecular weight is 732 g/mol. The minimum Gasteiger partial charge on any atom is -0.391 e. The Morgan fingerprint density at radius 1 is 0.460 bits per heavy atom. The molecule has 8 heteroatoms. The molecule has 0 rings (SSSR count). The Morgan fingerprint density at radius 2 is 0.720 bits per heavy atom. The lowest BCUT2D eigenvalue weighted by Crippen LogP contribution is -2.50. The molecular formula is C42H85NO6S. The van der Waals surface area contributed by atoms with Crippen LogP contribution in [0.2, 0.25) is 0 Å². The molecule has 0 radical (unpaired) electrons. The summed E-state index contributed by atoms with van der Waals surface area (Å²) in [5.41, 5.74) is 0. The molecule has 4 N–H and O–H groups in total. The van der Waals surface area contributed by atoms with E-state index in [0.29, 0.717) is 12.8 Å². The van der Waals surface area contributed by atoms with Gasteiger partial charge >= 0.3 is 0 Å². The number of carbonyl (C=O) groups is 1. The molecule has 0 aromatic heterocycles. The predicted octanol–water partition coefficient (Wildman–Crippen LogP) is 11.8. The van der Waals surface area contributed by atoms with Crippen LogP contribution in [-0.2, 0) is 14.9 Å². The van der Waals surface area contributed by atoms with Gasteiger partial charge in [0.2, 0.25) is 5.91 Å². The number of carbonyl (C=O) groups excluding carboxylic acids is 1. The summed E-state index contributed by atoms with van der Waals surface area (Å²) in [6.07, 6.45) is 39.9. The largest absolute Gasteiger partial charge is 0.391 e. The van der Waals surface area contributed by atoms with Gasteiger partial charge in [0.15, 0.2) is 0 Å². The molecule has 1 amide bonds. The predicted molar refractivity (Wildman–Crippen MR) is 213 cm³/mol. The molecule has 0 fully saturated rings. The standard InChI is InChI=1S/C42H85NO6S/c1-3-5-7-9-11-13-15-16-17-18-19-20-21-22-23-24-25-27-29-31-33-35-37-41(45)42(46)43-39(38-50(47,48)49)40(44)36-34-32-30-28-26-14-12-10-8-6-4-2/h39-41,44-45H,3-38H2,1-2H3,(H,43,46)(H,47,48,49). The van der Waals surface area contributed by atoms with Crippen LogP contribution in [-0.4, -0.2) is 53.1 Å². The highest BCUT2D eigenvalue weighted by molar-refractivity contribution is 7.85. The van der Waals surface area contributed by atoms with Crippen molar-refractivity contribution >= 4 is 16.0 Å². The maximum absolute atomic E-state index is 12.6. The molecule has 0 saturated carbocycles. The fourth-order valence-corrected chi connectivity index (χ4v) is 7.81. The summed E-state index contributed by atoms with van der Waals surface area (Å²) in [6.45, 7) is 4.51. The summed E-state index contributed by atoms with van der Waals surface area (Å²) in [6, 6.07) is -1.14. The molecule has 0 aromatic carbocycles. The van der Waals surface area contributed by atoms with Crippen LogP contribution in [0, 0.1) is 0 Å². The second kappa shape index (κ2) is 36.6. The zero-order chi connectivity index (χ0) is 37.0. The van der Waals surface area contributed by atoms with Crippen LogP contribution in [0.25, 0.3) is 0 Å². The van der Waals surface area contributed by atoms with E-state index in [4.69, 9.17) is 0 Å². The molecule has 0 aliphatic carbocycles. The van der Waals surface area contributed by atoms with Crippen molar-refractivity contribution in [2.45, 2.75) is 257 Å². The Balaban J connectivity index is 3.82. The fourth-order valence-electron chi connectivity index (χ4n) is 7.05. The first-order valence-corrected chi connectivity index (χ1v) is 23.4. The van der Waals surface area contributed by atoms with E-state index in [2.05, 4.69) is 19.2 Å². The van der Waals surface area contributed by atoms with E-state index in [9.17, 15) is 28.0 Å². The molecule has 3 atom stereocenters. The number of hydrogen-bond acceptors (Lipinski definition) is 5. The first kappa shape index (κ1) is 49.3. The van der Waals surface area contributed by atoms with Crippen molar-refractivity contribution in [3.8, 4) is 0 Å². The Kier molecular flexibility index (Phi) is 36.1. The molecule has 7 nitrogen and oxygen atoms in total. The molecule has 0 aromatic rings. The third kappa shape index (κ3) is 35.7. The second-order valence-corrected chi connectivity index (χ2v) is 17.0. The first-order valence-electron chi connectivity index (χ1n) is 21.8. The van der Waals surface area contributed by atoms with Crippen LogP contribution in [0.5, 0.6) is 0 Å². The molecule has 0 bridgehead atoms. The number of nitrogens with one attached hydrogen (secondary N) is 1. The smallest absolute Gasteiger partial charge is 0.266 e. The molecule has 50 heavy (non-hydrogen) atoms. The van der Waals surface area contributed by atoms with Crippen LogP contribution < -0.4 is 5.32 Å². The quantitative estimate of drug-likeness (QED) is 0.0367. The summed E-state index contributed by atoms with van der Waals surface area (Å²) in [4.78, 5) is 12.6.